The first-order chi connectivity index (χ1) is 9.08. The Kier molecular flexibility index (Phi) is 4.35. The second-order valence-corrected chi connectivity index (χ2v) is 4.95. The van der Waals surface area contributed by atoms with E-state index in [1.807, 2.05) is 0 Å². The number of anilines is 1. The smallest absolute Gasteiger partial charge is 0.335 e. The predicted octanol–water partition coefficient (Wildman–Crippen LogP) is 3.80. The van der Waals surface area contributed by atoms with E-state index in [1.54, 1.807) is 0 Å². The normalized spacial score (nSPS) is 16.9. The van der Waals surface area contributed by atoms with Gasteiger partial charge in [0.2, 0.25) is 0 Å². The fourth-order valence-corrected chi connectivity index (χ4v) is 2.46. The minimum absolute atomic E-state index is 0.0576. The van der Waals surface area contributed by atoms with Gasteiger partial charge in [-0.15, -0.1) is 0 Å². The Morgan fingerprint density at radius 3 is 2.11 bits per heavy atom. The molecule has 0 bridgehead atoms. The van der Waals surface area contributed by atoms with Gasteiger partial charge in [0.15, 0.2) is 0 Å². The lowest BCUT2D eigenvalue weighted by atomic mass is 10.1. The quantitative estimate of drug-likeness (QED) is 0.821. The molecule has 0 radical (unpaired) electrons. The van der Waals surface area contributed by atoms with Gasteiger partial charge in [0.05, 0.1) is 5.56 Å². The van der Waals surface area contributed by atoms with E-state index in [9.17, 15) is 13.6 Å². The third-order valence-electron chi connectivity index (χ3n) is 3.49. The number of carbonyl (C=O) groups is 1. The Bertz CT molecular complexity index is 446. The number of rotatable bonds is 3. The number of hydrogen-bond donors (Lipinski definition) is 2. The van der Waals surface area contributed by atoms with Gasteiger partial charge in [0.25, 0.3) is 0 Å². The Balaban J connectivity index is 2.17. The molecule has 104 valence electrons. The van der Waals surface area contributed by atoms with E-state index >= 15 is 0 Å². The van der Waals surface area contributed by atoms with Crippen LogP contribution in [-0.4, -0.2) is 17.1 Å². The van der Waals surface area contributed by atoms with Crippen LogP contribution in [0.3, 0.4) is 0 Å². The molecule has 19 heavy (non-hydrogen) atoms. The zero-order valence-electron chi connectivity index (χ0n) is 10.6. The van der Waals surface area contributed by atoms with Gasteiger partial charge in [-0.25, -0.2) is 13.6 Å². The Hall–Kier alpha value is -1.65. The van der Waals surface area contributed by atoms with Crippen LogP contribution in [-0.2, 0) is 0 Å². The summed E-state index contributed by atoms with van der Waals surface area (Å²) in [4.78, 5) is 10.7. The first-order valence-electron chi connectivity index (χ1n) is 6.57. The van der Waals surface area contributed by atoms with Gasteiger partial charge < -0.3 is 10.4 Å². The fraction of sp³-hybridized carbons (Fsp3) is 0.500. The van der Waals surface area contributed by atoms with Gasteiger partial charge in [-0.3, -0.25) is 0 Å². The fourth-order valence-electron chi connectivity index (χ4n) is 2.46. The van der Waals surface area contributed by atoms with Crippen LogP contribution < -0.4 is 5.32 Å². The first kappa shape index (κ1) is 13.8. The summed E-state index contributed by atoms with van der Waals surface area (Å²) < 4.78 is 27.5. The summed E-state index contributed by atoms with van der Waals surface area (Å²) in [5.41, 5.74) is -0.585. The molecule has 5 heteroatoms. The van der Waals surface area contributed by atoms with Gasteiger partial charge in [-0.05, 0) is 25.0 Å². The lowest BCUT2D eigenvalue weighted by Crippen LogP contribution is -2.20. The van der Waals surface area contributed by atoms with E-state index in [1.165, 1.54) is 0 Å². The van der Waals surface area contributed by atoms with Crippen LogP contribution in [0.2, 0.25) is 0 Å². The van der Waals surface area contributed by atoms with E-state index in [0.29, 0.717) is 0 Å². The second-order valence-electron chi connectivity index (χ2n) is 4.95. The number of hydrogen-bond acceptors (Lipinski definition) is 2. The van der Waals surface area contributed by atoms with Crippen molar-refractivity contribution in [1.29, 1.82) is 0 Å². The molecule has 0 saturated heterocycles. The molecule has 0 atom stereocenters. The number of carboxylic acids is 1. The topological polar surface area (TPSA) is 49.3 Å². The maximum atomic E-state index is 13.8. The van der Waals surface area contributed by atoms with E-state index in [2.05, 4.69) is 5.32 Å². The SMILES string of the molecule is O=C(O)c1cc(F)c(NC2CCCCCC2)c(F)c1. The zero-order valence-corrected chi connectivity index (χ0v) is 10.6. The first-order valence-corrected chi connectivity index (χ1v) is 6.57. The van der Waals surface area contributed by atoms with E-state index in [4.69, 9.17) is 5.11 Å². The molecule has 1 aromatic rings. The van der Waals surface area contributed by atoms with Crippen LogP contribution in [0.15, 0.2) is 12.1 Å². The average molecular weight is 269 g/mol. The summed E-state index contributed by atoms with van der Waals surface area (Å²) in [6, 6.07) is 1.76. The molecular weight excluding hydrogens is 252 g/mol. The van der Waals surface area contributed by atoms with Crippen molar-refractivity contribution in [1.82, 2.24) is 0 Å². The largest absolute Gasteiger partial charge is 0.478 e. The van der Waals surface area contributed by atoms with Crippen LogP contribution >= 0.6 is 0 Å². The highest BCUT2D eigenvalue weighted by atomic mass is 19.1. The standard InChI is InChI=1S/C14H17F2NO2/c15-11-7-9(14(18)19)8-12(16)13(11)17-10-5-3-1-2-4-6-10/h7-8,10,17H,1-6H2,(H,18,19). The Labute approximate surface area is 110 Å². The van der Waals surface area contributed by atoms with Crippen LogP contribution in [0.5, 0.6) is 0 Å². The van der Waals surface area contributed by atoms with Crippen molar-refractivity contribution >= 4 is 11.7 Å². The van der Waals surface area contributed by atoms with Gasteiger partial charge in [0.1, 0.15) is 17.3 Å². The number of aromatic carboxylic acids is 1. The maximum Gasteiger partial charge on any atom is 0.335 e. The second kappa shape index (κ2) is 5.99. The molecule has 1 saturated carbocycles. The molecule has 0 unspecified atom stereocenters. The number of halogens is 2. The molecule has 0 heterocycles. The van der Waals surface area contributed by atoms with E-state index < -0.39 is 17.6 Å². The van der Waals surface area contributed by atoms with Crippen molar-refractivity contribution in [2.75, 3.05) is 5.32 Å². The highest BCUT2D eigenvalue weighted by molar-refractivity contribution is 5.88. The molecular formula is C14H17F2NO2. The minimum Gasteiger partial charge on any atom is -0.478 e. The van der Waals surface area contributed by atoms with E-state index in [-0.39, 0.29) is 17.3 Å². The summed E-state index contributed by atoms with van der Waals surface area (Å²) in [6.45, 7) is 0. The van der Waals surface area contributed by atoms with E-state index in [0.717, 1.165) is 50.7 Å². The summed E-state index contributed by atoms with van der Waals surface area (Å²) in [6.07, 6.45) is 6.18. The van der Waals surface area contributed by atoms with Crippen molar-refractivity contribution in [3.63, 3.8) is 0 Å². The van der Waals surface area contributed by atoms with Gasteiger partial charge in [-0.1, -0.05) is 25.7 Å². The molecule has 0 spiro atoms. The zero-order chi connectivity index (χ0) is 13.8. The maximum absolute atomic E-state index is 13.8. The summed E-state index contributed by atoms with van der Waals surface area (Å²) in [5, 5.41) is 11.6. The monoisotopic (exact) mass is 269 g/mol. The molecule has 0 aromatic heterocycles. The average Bonchev–Trinajstić information content (AvgIpc) is 2.61. The summed E-state index contributed by atoms with van der Waals surface area (Å²) in [7, 11) is 0. The van der Waals surface area contributed by atoms with Crippen LogP contribution in [0.1, 0.15) is 48.9 Å². The van der Waals surface area contributed by atoms with Gasteiger partial charge in [-0.2, -0.15) is 0 Å². The molecule has 1 aliphatic rings. The molecule has 0 aliphatic heterocycles. The Morgan fingerprint density at radius 2 is 1.63 bits per heavy atom. The molecule has 3 nitrogen and oxygen atoms in total. The third kappa shape index (κ3) is 3.43. The highest BCUT2D eigenvalue weighted by Gasteiger charge is 2.18. The molecule has 1 fully saturated rings. The van der Waals surface area contributed by atoms with Crippen molar-refractivity contribution in [3.8, 4) is 0 Å². The highest BCUT2D eigenvalue weighted by Crippen LogP contribution is 2.26. The van der Waals surface area contributed by atoms with Gasteiger partial charge in [0, 0.05) is 6.04 Å². The lowest BCUT2D eigenvalue weighted by Gasteiger charge is -2.18. The summed E-state index contributed by atoms with van der Waals surface area (Å²) >= 11 is 0. The van der Waals surface area contributed by atoms with Gasteiger partial charge >= 0.3 is 5.97 Å². The Morgan fingerprint density at radius 1 is 1.11 bits per heavy atom. The molecule has 1 aromatic carbocycles. The molecule has 1 aliphatic carbocycles. The molecule has 2 N–H and O–H groups in total. The number of carboxylic acid groups (broad SMARTS) is 1. The summed E-state index contributed by atoms with van der Waals surface area (Å²) in [5.74, 6) is -3.03. The number of benzene rings is 1. The molecule has 0 amide bonds. The minimum atomic E-state index is -1.33. The molecule has 2 rings (SSSR count). The number of nitrogens with one attached hydrogen (secondary N) is 1. The van der Waals surface area contributed by atoms with Crippen LogP contribution in [0, 0.1) is 11.6 Å². The lowest BCUT2D eigenvalue weighted by molar-refractivity contribution is 0.0696. The van der Waals surface area contributed by atoms with Crippen molar-refractivity contribution in [2.24, 2.45) is 0 Å². The van der Waals surface area contributed by atoms with Crippen molar-refractivity contribution in [3.05, 3.63) is 29.3 Å². The van der Waals surface area contributed by atoms with Crippen molar-refractivity contribution < 1.29 is 18.7 Å². The third-order valence-corrected chi connectivity index (χ3v) is 3.49. The van der Waals surface area contributed by atoms with Crippen LogP contribution in [0.4, 0.5) is 14.5 Å². The van der Waals surface area contributed by atoms with Crippen molar-refractivity contribution in [2.45, 2.75) is 44.6 Å². The predicted molar refractivity (Wildman–Crippen MR) is 68.4 cm³/mol. The van der Waals surface area contributed by atoms with Crippen LogP contribution in [0.25, 0.3) is 0 Å².